The number of para-hydroxylation sites is 2. The topological polar surface area (TPSA) is 57.1 Å². The normalized spacial score (nSPS) is 12.3. The second-order valence-corrected chi connectivity index (χ2v) is 14.0. The summed E-state index contributed by atoms with van der Waals surface area (Å²) in [6.45, 7) is 0.0435. The van der Waals surface area contributed by atoms with Gasteiger partial charge in [-0.1, -0.05) is 146 Å². The molecule has 0 bridgehead atoms. The number of benzene rings is 8. The van der Waals surface area contributed by atoms with Gasteiger partial charge in [0.1, 0.15) is 23.0 Å². The molecule has 0 spiro atoms. The van der Waals surface area contributed by atoms with Crippen molar-refractivity contribution in [1.29, 1.82) is 0 Å². The maximum Gasteiger partial charge on any atom is 0.260 e. The number of hydrogen-bond acceptors (Lipinski definition) is 5. The van der Waals surface area contributed by atoms with Gasteiger partial charge in [-0.15, -0.1) is 0 Å². The van der Waals surface area contributed by atoms with Gasteiger partial charge < -0.3 is 9.47 Å². The highest BCUT2D eigenvalue weighted by Crippen LogP contribution is 2.39. The highest BCUT2D eigenvalue weighted by Gasteiger charge is 2.40. The van der Waals surface area contributed by atoms with Gasteiger partial charge in [-0.2, -0.15) is 0 Å². The monoisotopic (exact) mass is 703 g/mol. The summed E-state index contributed by atoms with van der Waals surface area (Å²) < 4.78 is 13.2. The van der Waals surface area contributed by atoms with E-state index in [1.807, 2.05) is 42.5 Å². The number of hydrogen-bond donors (Lipinski definition) is 0. The smallest absolute Gasteiger partial charge is 0.260 e. The molecular weight excluding hydrogens is 673 g/mol. The van der Waals surface area contributed by atoms with Crippen molar-refractivity contribution in [3.8, 4) is 79.4 Å². The number of fused-ring (bicyclic) bond motifs is 5. The second-order valence-electron chi connectivity index (χ2n) is 14.0. The minimum Gasteiger partial charge on any atom is -0.458 e. The van der Waals surface area contributed by atoms with Crippen LogP contribution in [0.25, 0.3) is 67.2 Å². The summed E-state index contributed by atoms with van der Waals surface area (Å²) in [5.41, 5.74) is 10.4. The molecule has 256 valence electrons. The molecule has 0 radical (unpaired) electrons. The molecule has 55 heavy (non-hydrogen) atoms. The van der Waals surface area contributed by atoms with Crippen LogP contribution in [0.1, 0.15) is 0 Å². The summed E-state index contributed by atoms with van der Waals surface area (Å²) in [6, 6.07) is 62.7. The quantitative estimate of drug-likeness (QED) is 0.167. The molecule has 0 unspecified atom stereocenters. The van der Waals surface area contributed by atoms with Gasteiger partial charge in [0.05, 0.1) is 0 Å². The molecule has 3 heterocycles. The average molecular weight is 704 g/mol. The zero-order chi connectivity index (χ0) is 36.3. The van der Waals surface area contributed by atoms with Gasteiger partial charge in [0.2, 0.25) is 0 Å². The molecule has 0 saturated heterocycles. The van der Waals surface area contributed by atoms with Gasteiger partial charge in [0.25, 0.3) is 6.71 Å². The summed E-state index contributed by atoms with van der Waals surface area (Å²) in [4.78, 5) is 15.1. The molecule has 11 rings (SSSR count). The molecule has 2 aliphatic rings. The highest BCUT2D eigenvalue weighted by atomic mass is 16.5. The predicted molar refractivity (Wildman–Crippen MR) is 222 cm³/mol. The van der Waals surface area contributed by atoms with Crippen molar-refractivity contribution in [2.24, 2.45) is 0 Å². The van der Waals surface area contributed by atoms with Crippen LogP contribution < -0.4 is 25.9 Å². The molecule has 0 aliphatic carbocycles. The third kappa shape index (κ3) is 5.38. The van der Waals surface area contributed by atoms with Crippen LogP contribution in [0.3, 0.4) is 0 Å². The van der Waals surface area contributed by atoms with Gasteiger partial charge in [0, 0.05) is 22.2 Å². The molecule has 0 N–H and O–H groups in total. The maximum absolute atomic E-state index is 6.59. The van der Waals surface area contributed by atoms with E-state index in [1.54, 1.807) is 0 Å². The average Bonchev–Trinajstić information content (AvgIpc) is 3.26. The highest BCUT2D eigenvalue weighted by molar-refractivity contribution is 6.98. The Hall–Kier alpha value is -7.31. The van der Waals surface area contributed by atoms with E-state index in [2.05, 4.69) is 140 Å². The molecule has 0 saturated carbocycles. The fraction of sp³-hybridized carbons (Fsp3) is 0. The molecule has 0 amide bonds. The largest absolute Gasteiger partial charge is 0.458 e. The molecule has 8 aromatic carbocycles. The van der Waals surface area contributed by atoms with Crippen molar-refractivity contribution in [1.82, 2.24) is 15.0 Å². The van der Waals surface area contributed by atoms with Crippen LogP contribution in [0.5, 0.6) is 23.0 Å². The van der Waals surface area contributed by atoms with Crippen LogP contribution in [-0.4, -0.2) is 21.7 Å². The Labute approximate surface area is 318 Å². The minimum absolute atomic E-state index is 0.0435. The van der Waals surface area contributed by atoms with Crippen molar-refractivity contribution in [2.45, 2.75) is 0 Å². The van der Waals surface area contributed by atoms with Crippen molar-refractivity contribution in [3.63, 3.8) is 0 Å². The van der Waals surface area contributed by atoms with Crippen LogP contribution in [0.4, 0.5) is 0 Å². The first kappa shape index (κ1) is 31.2. The summed E-state index contributed by atoms with van der Waals surface area (Å²) >= 11 is 0. The maximum atomic E-state index is 6.59. The SMILES string of the molecule is c1ccc(-c2nc(-c3cccc(-c4cccc(-c5cc6c7c(c5)Oc5ccccc5B7c5ccccc5O6)c4)c3)nc(-c3cccc4ccccc34)n2)cc1. The number of aromatic nitrogens is 3. The van der Waals surface area contributed by atoms with Crippen LogP contribution in [-0.2, 0) is 0 Å². The molecule has 2 aliphatic heterocycles. The molecule has 9 aromatic rings. The van der Waals surface area contributed by atoms with E-state index in [0.717, 1.165) is 89.1 Å². The third-order valence-corrected chi connectivity index (χ3v) is 10.6. The predicted octanol–water partition coefficient (Wildman–Crippen LogP) is 10.1. The summed E-state index contributed by atoms with van der Waals surface area (Å²) in [6.07, 6.45) is 0. The van der Waals surface area contributed by atoms with E-state index in [1.165, 1.54) is 0 Å². The van der Waals surface area contributed by atoms with E-state index in [9.17, 15) is 0 Å². The Morgan fingerprint density at radius 1 is 0.345 bits per heavy atom. The van der Waals surface area contributed by atoms with Gasteiger partial charge >= 0.3 is 0 Å². The van der Waals surface area contributed by atoms with Crippen LogP contribution in [0, 0.1) is 0 Å². The first-order chi connectivity index (χ1) is 27.2. The van der Waals surface area contributed by atoms with E-state index in [-0.39, 0.29) is 6.71 Å². The van der Waals surface area contributed by atoms with E-state index in [0.29, 0.717) is 17.5 Å². The molecule has 6 heteroatoms. The number of nitrogens with zero attached hydrogens (tertiary/aromatic N) is 3. The van der Waals surface area contributed by atoms with Crippen LogP contribution in [0.15, 0.2) is 182 Å². The Kier molecular flexibility index (Phi) is 7.20. The molecular formula is C49H30BN3O2. The zero-order valence-corrected chi connectivity index (χ0v) is 29.6. The number of ether oxygens (including phenoxy) is 2. The van der Waals surface area contributed by atoms with Crippen molar-refractivity contribution in [3.05, 3.63) is 182 Å². The van der Waals surface area contributed by atoms with Gasteiger partial charge in [-0.25, -0.2) is 15.0 Å². The Balaban J connectivity index is 1.00. The fourth-order valence-electron chi connectivity index (χ4n) is 8.04. The van der Waals surface area contributed by atoms with E-state index in [4.69, 9.17) is 24.4 Å². The molecule has 0 fully saturated rings. The Morgan fingerprint density at radius 2 is 0.836 bits per heavy atom. The standard InChI is InChI=1S/C49H30BN3O2/c1-2-14-32(15-3-1)47-51-48(53-49(52-47)39-22-12-16-31-13-4-5-21-38(31)39)36-20-11-18-34(28-36)33-17-10-19-35(27-33)37-29-44-46-45(30-37)55-43-26-9-7-24-41(43)50(46)40-23-6-8-25-42(40)54-44/h1-30H. The van der Waals surface area contributed by atoms with Crippen molar-refractivity contribution < 1.29 is 9.47 Å². The van der Waals surface area contributed by atoms with Crippen molar-refractivity contribution in [2.75, 3.05) is 0 Å². The lowest BCUT2D eigenvalue weighted by molar-refractivity contribution is 0.465. The minimum atomic E-state index is 0.0435. The Bertz CT molecular complexity index is 2890. The Morgan fingerprint density at radius 3 is 1.55 bits per heavy atom. The lowest BCUT2D eigenvalue weighted by Crippen LogP contribution is -2.57. The van der Waals surface area contributed by atoms with Crippen molar-refractivity contribution >= 4 is 33.9 Å². The van der Waals surface area contributed by atoms with Crippen LogP contribution in [0.2, 0.25) is 0 Å². The lowest BCUT2D eigenvalue weighted by atomic mass is 9.35. The van der Waals surface area contributed by atoms with Gasteiger partial charge in [0.15, 0.2) is 17.5 Å². The number of rotatable bonds is 5. The fourth-order valence-corrected chi connectivity index (χ4v) is 8.04. The molecule has 1 aromatic heterocycles. The summed E-state index contributed by atoms with van der Waals surface area (Å²) in [5.74, 6) is 5.29. The molecule has 0 atom stereocenters. The third-order valence-electron chi connectivity index (χ3n) is 10.6. The van der Waals surface area contributed by atoms with Gasteiger partial charge in [-0.05, 0) is 80.4 Å². The second kappa shape index (κ2) is 12.7. The van der Waals surface area contributed by atoms with E-state index < -0.39 is 0 Å². The lowest BCUT2D eigenvalue weighted by Gasteiger charge is -2.33. The summed E-state index contributed by atoms with van der Waals surface area (Å²) in [7, 11) is 0. The summed E-state index contributed by atoms with van der Waals surface area (Å²) in [5, 5.41) is 2.24. The molecule has 5 nitrogen and oxygen atoms in total. The zero-order valence-electron chi connectivity index (χ0n) is 29.6. The first-order valence-electron chi connectivity index (χ1n) is 18.5. The van der Waals surface area contributed by atoms with E-state index >= 15 is 0 Å². The van der Waals surface area contributed by atoms with Gasteiger partial charge in [-0.3, -0.25) is 0 Å². The first-order valence-corrected chi connectivity index (χ1v) is 18.5. The van der Waals surface area contributed by atoms with Crippen LogP contribution >= 0.6 is 0 Å².